The van der Waals surface area contributed by atoms with Gasteiger partial charge in [0.15, 0.2) is 0 Å². The largest absolute Gasteiger partial charge is 0.345 e. The average molecular weight is 432 g/mol. The Morgan fingerprint density at radius 3 is 2.53 bits per heavy atom. The van der Waals surface area contributed by atoms with Crippen molar-refractivity contribution in [2.45, 2.75) is 39.8 Å². The second-order valence-electron chi connectivity index (χ2n) is 7.85. The molecule has 1 heterocycles. The lowest BCUT2D eigenvalue weighted by Crippen LogP contribution is -2.31. The highest BCUT2D eigenvalue weighted by Gasteiger charge is 2.14. The van der Waals surface area contributed by atoms with Crippen LogP contribution in [0, 0.1) is 17.0 Å². The van der Waals surface area contributed by atoms with Crippen molar-refractivity contribution in [2.75, 3.05) is 6.54 Å². The Kier molecular flexibility index (Phi) is 7.97. The Labute approximate surface area is 188 Å². The van der Waals surface area contributed by atoms with Crippen LogP contribution in [0.2, 0.25) is 0 Å². The third-order valence-electron chi connectivity index (χ3n) is 5.49. The molecular formula is C26H29N3O3. The van der Waals surface area contributed by atoms with Crippen molar-refractivity contribution < 1.29 is 9.72 Å². The van der Waals surface area contributed by atoms with Crippen LogP contribution in [0.5, 0.6) is 0 Å². The third kappa shape index (κ3) is 6.17. The molecular weight excluding hydrogens is 402 g/mol. The molecule has 0 saturated heterocycles. The lowest BCUT2D eigenvalue weighted by molar-refractivity contribution is -0.384. The van der Waals surface area contributed by atoms with Gasteiger partial charge in [-0.05, 0) is 60.4 Å². The second kappa shape index (κ2) is 11.1. The van der Waals surface area contributed by atoms with E-state index in [0.29, 0.717) is 13.1 Å². The number of amides is 1. The minimum Gasteiger partial charge on any atom is -0.345 e. The summed E-state index contributed by atoms with van der Waals surface area (Å²) in [4.78, 5) is 25.2. The van der Waals surface area contributed by atoms with E-state index in [1.54, 1.807) is 24.3 Å². The number of carbonyl (C=O) groups is 1. The molecule has 3 rings (SSSR count). The summed E-state index contributed by atoms with van der Waals surface area (Å²) in [5.41, 5.74) is 4.38. The molecule has 0 aliphatic carbocycles. The fourth-order valence-electron chi connectivity index (χ4n) is 3.51. The summed E-state index contributed by atoms with van der Waals surface area (Å²) < 4.78 is 2.19. The lowest BCUT2D eigenvalue weighted by Gasteiger charge is -2.22. The maximum absolute atomic E-state index is 13.0. The highest BCUT2D eigenvalue weighted by atomic mass is 16.6. The fourth-order valence-corrected chi connectivity index (χ4v) is 3.51. The van der Waals surface area contributed by atoms with Gasteiger partial charge in [-0.25, -0.2) is 0 Å². The predicted molar refractivity (Wildman–Crippen MR) is 127 cm³/mol. The normalized spacial score (nSPS) is 11.1. The van der Waals surface area contributed by atoms with Crippen molar-refractivity contribution in [1.82, 2.24) is 9.47 Å². The number of aromatic nitrogens is 1. The molecule has 0 bridgehead atoms. The standard InChI is InChI=1S/C26H29N3O3/c1-3-4-17-28(26(30)16-13-22-11-14-24(15-12-22)29(31)32)20-25-10-7-18-27(25)19-23-9-6-5-8-21(23)2/h5-16,18H,3-4,17,19-20H2,1-2H3/b16-13+. The first-order valence-corrected chi connectivity index (χ1v) is 10.9. The number of unbranched alkanes of at least 4 members (excludes halogenated alkanes) is 1. The van der Waals surface area contributed by atoms with Gasteiger partial charge in [-0.15, -0.1) is 0 Å². The van der Waals surface area contributed by atoms with Crippen molar-refractivity contribution in [3.63, 3.8) is 0 Å². The van der Waals surface area contributed by atoms with Crippen LogP contribution in [0.25, 0.3) is 6.08 Å². The molecule has 0 fully saturated rings. The maximum atomic E-state index is 13.0. The molecule has 3 aromatic rings. The molecule has 0 saturated carbocycles. The Balaban J connectivity index is 1.73. The van der Waals surface area contributed by atoms with E-state index in [0.717, 1.165) is 30.6 Å². The van der Waals surface area contributed by atoms with Crippen molar-refractivity contribution in [2.24, 2.45) is 0 Å². The van der Waals surface area contributed by atoms with Crippen LogP contribution in [-0.4, -0.2) is 26.8 Å². The minimum absolute atomic E-state index is 0.0347. The number of benzene rings is 2. The van der Waals surface area contributed by atoms with E-state index in [2.05, 4.69) is 42.8 Å². The number of nitro groups is 1. The van der Waals surface area contributed by atoms with Crippen LogP contribution >= 0.6 is 0 Å². The lowest BCUT2D eigenvalue weighted by atomic mass is 10.1. The number of nitrogens with zero attached hydrogens (tertiary/aromatic N) is 3. The summed E-state index contributed by atoms with van der Waals surface area (Å²) in [7, 11) is 0. The average Bonchev–Trinajstić information content (AvgIpc) is 3.23. The van der Waals surface area contributed by atoms with Crippen LogP contribution in [-0.2, 0) is 17.9 Å². The summed E-state index contributed by atoms with van der Waals surface area (Å²) in [5, 5.41) is 10.8. The summed E-state index contributed by atoms with van der Waals surface area (Å²) >= 11 is 0. The number of non-ortho nitro benzene ring substituents is 1. The van der Waals surface area contributed by atoms with E-state index in [-0.39, 0.29) is 11.6 Å². The van der Waals surface area contributed by atoms with E-state index in [4.69, 9.17) is 0 Å². The first-order valence-electron chi connectivity index (χ1n) is 10.9. The van der Waals surface area contributed by atoms with E-state index in [1.165, 1.54) is 23.3 Å². The van der Waals surface area contributed by atoms with Crippen LogP contribution in [0.1, 0.15) is 42.1 Å². The molecule has 0 aliphatic rings. The van der Waals surface area contributed by atoms with Crippen LogP contribution in [0.3, 0.4) is 0 Å². The Morgan fingerprint density at radius 2 is 1.84 bits per heavy atom. The van der Waals surface area contributed by atoms with Gasteiger partial charge >= 0.3 is 0 Å². The van der Waals surface area contributed by atoms with Gasteiger partial charge < -0.3 is 9.47 Å². The van der Waals surface area contributed by atoms with Gasteiger partial charge in [0.05, 0.1) is 11.5 Å². The number of nitro benzene ring substituents is 1. The molecule has 6 nitrogen and oxygen atoms in total. The van der Waals surface area contributed by atoms with Gasteiger partial charge in [0, 0.05) is 43.2 Å². The summed E-state index contributed by atoms with van der Waals surface area (Å²) in [6.07, 6.45) is 7.23. The SMILES string of the molecule is CCCCN(Cc1cccn1Cc1ccccc1C)C(=O)/C=C/c1ccc([N+](=O)[O-])cc1. The van der Waals surface area contributed by atoms with Crippen molar-refractivity contribution in [3.05, 3.63) is 105 Å². The van der Waals surface area contributed by atoms with E-state index >= 15 is 0 Å². The minimum atomic E-state index is -0.433. The molecule has 0 unspecified atom stereocenters. The Hall–Kier alpha value is -3.67. The highest BCUT2D eigenvalue weighted by molar-refractivity contribution is 5.91. The highest BCUT2D eigenvalue weighted by Crippen LogP contribution is 2.16. The number of aryl methyl sites for hydroxylation is 1. The molecule has 1 amide bonds. The molecule has 166 valence electrons. The summed E-state index contributed by atoms with van der Waals surface area (Å²) in [6, 6.07) is 18.6. The molecule has 0 spiro atoms. The predicted octanol–water partition coefficient (Wildman–Crippen LogP) is 5.60. The van der Waals surface area contributed by atoms with Gasteiger partial charge in [0.25, 0.3) is 5.69 Å². The molecule has 2 aromatic carbocycles. The van der Waals surface area contributed by atoms with Crippen molar-refractivity contribution in [3.8, 4) is 0 Å². The van der Waals surface area contributed by atoms with Crippen LogP contribution < -0.4 is 0 Å². The molecule has 0 atom stereocenters. The topological polar surface area (TPSA) is 68.4 Å². The zero-order valence-electron chi connectivity index (χ0n) is 18.6. The summed E-state index contributed by atoms with van der Waals surface area (Å²) in [5.74, 6) is -0.0690. The number of rotatable bonds is 10. The van der Waals surface area contributed by atoms with Gasteiger partial charge in [-0.1, -0.05) is 37.6 Å². The number of carbonyl (C=O) groups excluding carboxylic acids is 1. The Bertz CT molecular complexity index is 1080. The first kappa shape index (κ1) is 23.0. The molecule has 0 aliphatic heterocycles. The van der Waals surface area contributed by atoms with E-state index < -0.39 is 4.92 Å². The summed E-state index contributed by atoms with van der Waals surface area (Å²) in [6.45, 7) is 6.19. The zero-order chi connectivity index (χ0) is 22.9. The van der Waals surface area contributed by atoms with Crippen molar-refractivity contribution in [1.29, 1.82) is 0 Å². The van der Waals surface area contributed by atoms with Gasteiger partial charge in [-0.3, -0.25) is 14.9 Å². The molecule has 0 N–H and O–H groups in total. The monoisotopic (exact) mass is 431 g/mol. The number of hydrogen-bond donors (Lipinski definition) is 0. The quantitative estimate of drug-likeness (QED) is 0.238. The molecule has 32 heavy (non-hydrogen) atoms. The zero-order valence-corrected chi connectivity index (χ0v) is 18.6. The molecule has 1 aromatic heterocycles. The third-order valence-corrected chi connectivity index (χ3v) is 5.49. The first-order chi connectivity index (χ1) is 15.5. The van der Waals surface area contributed by atoms with Gasteiger partial charge in [0.2, 0.25) is 5.91 Å². The Morgan fingerprint density at radius 1 is 1.09 bits per heavy atom. The van der Waals surface area contributed by atoms with E-state index in [1.807, 2.05) is 23.1 Å². The second-order valence-corrected chi connectivity index (χ2v) is 7.85. The van der Waals surface area contributed by atoms with Gasteiger partial charge in [-0.2, -0.15) is 0 Å². The van der Waals surface area contributed by atoms with Crippen LogP contribution in [0.4, 0.5) is 5.69 Å². The fraction of sp³-hybridized carbons (Fsp3) is 0.269. The molecule has 6 heteroatoms. The van der Waals surface area contributed by atoms with E-state index in [9.17, 15) is 14.9 Å². The van der Waals surface area contributed by atoms with Crippen LogP contribution in [0.15, 0.2) is 72.9 Å². The molecule has 0 radical (unpaired) electrons. The van der Waals surface area contributed by atoms with Crippen molar-refractivity contribution >= 4 is 17.7 Å². The maximum Gasteiger partial charge on any atom is 0.269 e. The smallest absolute Gasteiger partial charge is 0.269 e. The van der Waals surface area contributed by atoms with Gasteiger partial charge in [0.1, 0.15) is 0 Å². The number of hydrogen-bond acceptors (Lipinski definition) is 3.